The van der Waals surface area contributed by atoms with Crippen molar-refractivity contribution in [2.75, 3.05) is 13.2 Å². The molecule has 0 saturated heterocycles. The van der Waals surface area contributed by atoms with Crippen LogP contribution in [0.4, 0.5) is 0 Å². The molecule has 2 aromatic carbocycles. The van der Waals surface area contributed by atoms with Crippen LogP contribution in [0.5, 0.6) is 0 Å². The molecule has 3 N–H and O–H groups in total. The molecule has 0 unspecified atom stereocenters. The van der Waals surface area contributed by atoms with Crippen LogP contribution in [0.3, 0.4) is 0 Å². The number of hydrogen-bond donors (Lipinski definition) is 2. The number of nitrogens with one attached hydrogen (secondary N) is 1. The third-order valence-electron chi connectivity index (χ3n) is 4.53. The molecule has 0 fully saturated rings. The SMILES string of the molecule is Cc1ccc(-c2nn(-c3ccccc3)cc2C(=O)OCC(=O)NCC(N)=O)cc1C. The van der Waals surface area contributed by atoms with Crippen molar-refractivity contribution >= 4 is 17.8 Å². The summed E-state index contributed by atoms with van der Waals surface area (Å²) < 4.78 is 6.72. The third-order valence-corrected chi connectivity index (χ3v) is 4.53. The molecule has 0 atom stereocenters. The Kier molecular flexibility index (Phi) is 6.26. The van der Waals surface area contributed by atoms with Crippen molar-refractivity contribution in [3.8, 4) is 16.9 Å². The number of carbonyl (C=O) groups is 3. The summed E-state index contributed by atoms with van der Waals surface area (Å²) in [7, 11) is 0. The Balaban J connectivity index is 1.90. The van der Waals surface area contributed by atoms with Crippen LogP contribution in [0.2, 0.25) is 0 Å². The highest BCUT2D eigenvalue weighted by atomic mass is 16.5. The molecule has 0 spiro atoms. The molecule has 1 aromatic heterocycles. The summed E-state index contributed by atoms with van der Waals surface area (Å²) in [5.74, 6) is -2.00. The Morgan fingerprint density at radius 1 is 1.07 bits per heavy atom. The van der Waals surface area contributed by atoms with Gasteiger partial charge in [-0.25, -0.2) is 9.48 Å². The Morgan fingerprint density at radius 3 is 2.47 bits per heavy atom. The molecular weight excluding hydrogens is 384 g/mol. The summed E-state index contributed by atoms with van der Waals surface area (Å²) in [4.78, 5) is 35.2. The van der Waals surface area contributed by atoms with Crippen LogP contribution in [0, 0.1) is 13.8 Å². The largest absolute Gasteiger partial charge is 0.452 e. The first kappa shape index (κ1) is 20.8. The zero-order chi connectivity index (χ0) is 21.7. The summed E-state index contributed by atoms with van der Waals surface area (Å²) in [5.41, 5.74) is 9.38. The van der Waals surface area contributed by atoms with Crippen LogP contribution in [0.25, 0.3) is 16.9 Å². The number of carbonyl (C=O) groups excluding carboxylic acids is 3. The first-order chi connectivity index (χ1) is 14.3. The predicted molar refractivity (Wildman–Crippen MR) is 111 cm³/mol. The molecule has 154 valence electrons. The van der Waals surface area contributed by atoms with Gasteiger partial charge in [0.05, 0.1) is 12.2 Å². The van der Waals surface area contributed by atoms with Gasteiger partial charge < -0.3 is 15.8 Å². The lowest BCUT2D eigenvalue weighted by Crippen LogP contribution is -2.36. The number of ether oxygens (including phenoxy) is 1. The van der Waals surface area contributed by atoms with Crippen molar-refractivity contribution in [2.45, 2.75) is 13.8 Å². The maximum Gasteiger partial charge on any atom is 0.342 e. The highest BCUT2D eigenvalue weighted by Crippen LogP contribution is 2.26. The smallest absolute Gasteiger partial charge is 0.342 e. The molecule has 0 aliphatic rings. The van der Waals surface area contributed by atoms with Gasteiger partial charge in [0.15, 0.2) is 6.61 Å². The van der Waals surface area contributed by atoms with Crippen molar-refractivity contribution in [1.29, 1.82) is 0 Å². The second-order valence-electron chi connectivity index (χ2n) is 6.79. The van der Waals surface area contributed by atoms with E-state index in [1.165, 1.54) is 0 Å². The van der Waals surface area contributed by atoms with Crippen LogP contribution >= 0.6 is 0 Å². The number of aryl methyl sites for hydroxylation is 2. The number of aromatic nitrogens is 2. The van der Waals surface area contributed by atoms with E-state index in [2.05, 4.69) is 10.4 Å². The average molecular weight is 406 g/mol. The predicted octanol–water partition coefficient (Wildman–Crippen LogP) is 1.91. The molecule has 0 bridgehead atoms. The number of para-hydroxylation sites is 1. The fraction of sp³-hybridized carbons (Fsp3) is 0.182. The molecule has 8 nitrogen and oxygen atoms in total. The Bertz CT molecular complexity index is 1090. The molecule has 0 aliphatic carbocycles. The van der Waals surface area contributed by atoms with Gasteiger partial charge in [-0.2, -0.15) is 5.10 Å². The van der Waals surface area contributed by atoms with E-state index >= 15 is 0 Å². The lowest BCUT2D eigenvalue weighted by Gasteiger charge is -2.07. The van der Waals surface area contributed by atoms with Gasteiger partial charge in [0.1, 0.15) is 11.3 Å². The van der Waals surface area contributed by atoms with E-state index < -0.39 is 24.4 Å². The van der Waals surface area contributed by atoms with E-state index in [-0.39, 0.29) is 12.1 Å². The number of rotatable bonds is 7. The molecular formula is C22H22N4O4. The molecule has 3 aromatic rings. The summed E-state index contributed by atoms with van der Waals surface area (Å²) in [5, 5.41) is 6.85. The Hall–Kier alpha value is -3.94. The number of amides is 2. The Labute approximate surface area is 173 Å². The average Bonchev–Trinajstić information content (AvgIpc) is 3.18. The molecule has 8 heteroatoms. The van der Waals surface area contributed by atoms with Gasteiger partial charge in [-0.3, -0.25) is 9.59 Å². The van der Waals surface area contributed by atoms with E-state index in [4.69, 9.17) is 10.5 Å². The zero-order valence-corrected chi connectivity index (χ0v) is 16.7. The third kappa shape index (κ3) is 4.91. The first-order valence-electron chi connectivity index (χ1n) is 9.30. The van der Waals surface area contributed by atoms with Gasteiger partial charge >= 0.3 is 5.97 Å². The highest BCUT2D eigenvalue weighted by Gasteiger charge is 2.21. The monoisotopic (exact) mass is 406 g/mol. The van der Waals surface area contributed by atoms with Crippen LogP contribution in [0.1, 0.15) is 21.5 Å². The molecule has 2 amide bonds. The van der Waals surface area contributed by atoms with E-state index in [0.29, 0.717) is 5.69 Å². The molecule has 0 radical (unpaired) electrons. The molecule has 3 rings (SSSR count). The minimum Gasteiger partial charge on any atom is -0.452 e. The standard InChI is InChI=1S/C22H22N4O4/c1-14-8-9-16(10-15(14)2)21-18(12-26(25-21)17-6-4-3-5-7-17)22(29)30-13-20(28)24-11-19(23)27/h3-10,12H,11,13H2,1-2H3,(H2,23,27)(H,24,28). The quantitative estimate of drug-likeness (QED) is 0.582. The van der Waals surface area contributed by atoms with Crippen LogP contribution in [-0.4, -0.2) is 40.7 Å². The molecule has 30 heavy (non-hydrogen) atoms. The van der Waals surface area contributed by atoms with Gasteiger partial charge in [-0.1, -0.05) is 30.3 Å². The minimum absolute atomic E-state index is 0.227. The van der Waals surface area contributed by atoms with Gasteiger partial charge in [0.25, 0.3) is 5.91 Å². The Morgan fingerprint density at radius 2 is 1.80 bits per heavy atom. The maximum atomic E-state index is 12.7. The first-order valence-corrected chi connectivity index (χ1v) is 9.30. The number of primary amides is 1. The summed E-state index contributed by atoms with van der Waals surface area (Å²) in [6.07, 6.45) is 1.57. The van der Waals surface area contributed by atoms with E-state index in [0.717, 1.165) is 22.4 Å². The number of benzene rings is 2. The maximum absolute atomic E-state index is 12.7. The lowest BCUT2D eigenvalue weighted by atomic mass is 10.0. The van der Waals surface area contributed by atoms with Gasteiger partial charge in [0.2, 0.25) is 5.91 Å². The minimum atomic E-state index is -0.695. The number of nitrogens with zero attached hydrogens (tertiary/aromatic N) is 2. The van der Waals surface area contributed by atoms with E-state index in [1.54, 1.807) is 10.9 Å². The molecule has 1 heterocycles. The number of nitrogens with two attached hydrogens (primary N) is 1. The summed E-state index contributed by atoms with van der Waals surface area (Å²) >= 11 is 0. The van der Waals surface area contributed by atoms with E-state index in [9.17, 15) is 14.4 Å². The van der Waals surface area contributed by atoms with Crippen molar-refractivity contribution < 1.29 is 19.1 Å². The van der Waals surface area contributed by atoms with Gasteiger partial charge in [0, 0.05) is 11.8 Å². The summed E-state index contributed by atoms with van der Waals surface area (Å²) in [6.45, 7) is 3.13. The lowest BCUT2D eigenvalue weighted by molar-refractivity contribution is -0.127. The highest BCUT2D eigenvalue weighted by molar-refractivity contribution is 5.97. The van der Waals surface area contributed by atoms with Crippen LogP contribution in [-0.2, 0) is 14.3 Å². The second kappa shape index (κ2) is 9.04. The number of hydrogen-bond acceptors (Lipinski definition) is 5. The normalized spacial score (nSPS) is 10.5. The van der Waals surface area contributed by atoms with Gasteiger partial charge in [-0.05, 0) is 43.2 Å². The van der Waals surface area contributed by atoms with Crippen molar-refractivity contribution in [3.05, 3.63) is 71.4 Å². The van der Waals surface area contributed by atoms with Crippen LogP contribution < -0.4 is 11.1 Å². The fourth-order valence-electron chi connectivity index (χ4n) is 2.78. The van der Waals surface area contributed by atoms with Crippen molar-refractivity contribution in [1.82, 2.24) is 15.1 Å². The van der Waals surface area contributed by atoms with E-state index in [1.807, 2.05) is 62.4 Å². The van der Waals surface area contributed by atoms with Crippen molar-refractivity contribution in [2.24, 2.45) is 5.73 Å². The van der Waals surface area contributed by atoms with Gasteiger partial charge in [-0.15, -0.1) is 0 Å². The topological polar surface area (TPSA) is 116 Å². The fourth-order valence-corrected chi connectivity index (χ4v) is 2.78. The van der Waals surface area contributed by atoms with Crippen molar-refractivity contribution in [3.63, 3.8) is 0 Å². The molecule has 0 saturated carbocycles. The second-order valence-corrected chi connectivity index (χ2v) is 6.79. The zero-order valence-electron chi connectivity index (χ0n) is 16.7. The molecule has 0 aliphatic heterocycles. The summed E-state index contributed by atoms with van der Waals surface area (Å²) in [6, 6.07) is 15.1. The van der Waals surface area contributed by atoms with Crippen LogP contribution in [0.15, 0.2) is 54.7 Å². The number of esters is 1.